The van der Waals surface area contributed by atoms with Crippen LogP contribution in [-0.2, 0) is 0 Å². The van der Waals surface area contributed by atoms with Gasteiger partial charge in [-0.2, -0.15) is 12.6 Å². The summed E-state index contributed by atoms with van der Waals surface area (Å²) in [4.78, 5) is 2.06. The second-order valence-electron chi connectivity index (χ2n) is 4.04. The molecule has 0 N–H and O–H groups in total. The minimum atomic E-state index is 0.0681. The summed E-state index contributed by atoms with van der Waals surface area (Å²) in [6, 6.07) is 4.25. The molecule has 0 aliphatic heterocycles. The fourth-order valence-corrected chi connectivity index (χ4v) is 1.93. The van der Waals surface area contributed by atoms with Gasteiger partial charge >= 0.3 is 0 Å². The Kier molecular flexibility index (Phi) is 4.05. The van der Waals surface area contributed by atoms with E-state index in [4.69, 9.17) is 4.74 Å². The van der Waals surface area contributed by atoms with Crippen LogP contribution in [0.2, 0.25) is 0 Å². The van der Waals surface area contributed by atoms with Gasteiger partial charge in [-0.05, 0) is 39.6 Å². The van der Waals surface area contributed by atoms with Crippen molar-refractivity contribution in [1.29, 1.82) is 0 Å². The topological polar surface area (TPSA) is 12.5 Å². The molecule has 0 saturated heterocycles. The van der Waals surface area contributed by atoms with Crippen molar-refractivity contribution in [2.24, 2.45) is 0 Å². The monoisotopic (exact) mass is 225 g/mol. The summed E-state index contributed by atoms with van der Waals surface area (Å²) < 4.78 is 5.43. The molecule has 0 aromatic heterocycles. The largest absolute Gasteiger partial charge is 0.496 e. The Hall–Kier alpha value is -0.670. The maximum atomic E-state index is 5.43. The summed E-state index contributed by atoms with van der Waals surface area (Å²) in [7, 11) is 5.72. The maximum Gasteiger partial charge on any atom is 0.127 e. The third-order valence-electron chi connectivity index (χ3n) is 2.42. The summed E-state index contributed by atoms with van der Waals surface area (Å²) in [6.45, 7) is 4.15. The molecule has 1 aromatic carbocycles. The lowest BCUT2D eigenvalue weighted by Gasteiger charge is -2.23. The van der Waals surface area contributed by atoms with Gasteiger partial charge in [0, 0.05) is 5.56 Å². The summed E-state index contributed by atoms with van der Waals surface area (Å²) in [5, 5.41) is 0.0681. The summed E-state index contributed by atoms with van der Waals surface area (Å²) in [5.74, 6) is 0.939. The van der Waals surface area contributed by atoms with Gasteiger partial charge in [-0.25, -0.2) is 0 Å². The second-order valence-corrected chi connectivity index (χ2v) is 4.53. The van der Waals surface area contributed by atoms with Crippen LogP contribution in [0.25, 0.3) is 0 Å². The van der Waals surface area contributed by atoms with Gasteiger partial charge in [0.2, 0.25) is 0 Å². The Morgan fingerprint density at radius 2 is 1.87 bits per heavy atom. The molecule has 15 heavy (non-hydrogen) atoms. The number of benzene rings is 1. The number of aryl methyl sites for hydroxylation is 2. The van der Waals surface area contributed by atoms with Crippen molar-refractivity contribution in [2.75, 3.05) is 21.2 Å². The first-order chi connectivity index (χ1) is 6.97. The normalized spacial score (nSPS) is 13.0. The van der Waals surface area contributed by atoms with Crippen molar-refractivity contribution >= 4 is 12.6 Å². The van der Waals surface area contributed by atoms with E-state index in [1.807, 2.05) is 14.1 Å². The van der Waals surface area contributed by atoms with Crippen LogP contribution in [0.4, 0.5) is 0 Å². The van der Waals surface area contributed by atoms with Crippen LogP contribution in [0, 0.1) is 13.8 Å². The number of hydrogen-bond acceptors (Lipinski definition) is 3. The molecule has 0 aliphatic rings. The van der Waals surface area contributed by atoms with Gasteiger partial charge in [-0.15, -0.1) is 0 Å². The highest BCUT2D eigenvalue weighted by Gasteiger charge is 2.16. The van der Waals surface area contributed by atoms with Crippen molar-refractivity contribution in [3.8, 4) is 5.75 Å². The molecule has 0 aliphatic carbocycles. The molecule has 1 atom stereocenters. The highest BCUT2D eigenvalue weighted by Crippen LogP contribution is 2.34. The molecule has 0 radical (unpaired) electrons. The first-order valence-electron chi connectivity index (χ1n) is 4.97. The third kappa shape index (κ3) is 2.67. The summed E-state index contributed by atoms with van der Waals surface area (Å²) in [6.07, 6.45) is 0. The van der Waals surface area contributed by atoms with Crippen molar-refractivity contribution in [3.63, 3.8) is 0 Å². The van der Waals surface area contributed by atoms with Crippen molar-refractivity contribution in [2.45, 2.75) is 19.2 Å². The zero-order valence-corrected chi connectivity index (χ0v) is 10.9. The number of rotatable bonds is 3. The molecular formula is C12H19NOS. The molecule has 1 rings (SSSR count). The minimum Gasteiger partial charge on any atom is -0.496 e. The lowest BCUT2D eigenvalue weighted by Crippen LogP contribution is -2.16. The molecule has 2 nitrogen and oxygen atoms in total. The van der Waals surface area contributed by atoms with E-state index in [1.165, 1.54) is 5.56 Å². The van der Waals surface area contributed by atoms with Crippen LogP contribution >= 0.6 is 12.6 Å². The molecule has 0 spiro atoms. The van der Waals surface area contributed by atoms with E-state index in [0.717, 1.165) is 16.9 Å². The number of nitrogens with zero attached hydrogens (tertiary/aromatic N) is 1. The smallest absolute Gasteiger partial charge is 0.127 e. The maximum absolute atomic E-state index is 5.43. The standard InChI is InChI=1S/C12H19NOS/c1-8-6-9(2)11(14-5)10(7-8)12(15)13(3)4/h6-7,12,15H,1-5H3. The van der Waals surface area contributed by atoms with E-state index in [9.17, 15) is 0 Å². The Bertz CT molecular complexity index is 350. The molecule has 0 heterocycles. The van der Waals surface area contributed by atoms with Crippen LogP contribution in [0.15, 0.2) is 12.1 Å². The van der Waals surface area contributed by atoms with Gasteiger partial charge in [0.25, 0.3) is 0 Å². The van der Waals surface area contributed by atoms with E-state index in [0.29, 0.717) is 0 Å². The molecule has 1 unspecified atom stereocenters. The third-order valence-corrected chi connectivity index (χ3v) is 3.16. The number of hydrogen-bond donors (Lipinski definition) is 1. The fraction of sp³-hybridized carbons (Fsp3) is 0.500. The van der Waals surface area contributed by atoms with Gasteiger partial charge in [0.1, 0.15) is 5.75 Å². The van der Waals surface area contributed by atoms with Crippen LogP contribution in [0.1, 0.15) is 22.1 Å². The van der Waals surface area contributed by atoms with Crippen LogP contribution < -0.4 is 4.74 Å². The van der Waals surface area contributed by atoms with Crippen LogP contribution in [0.5, 0.6) is 5.75 Å². The van der Waals surface area contributed by atoms with Gasteiger partial charge < -0.3 is 4.74 Å². The van der Waals surface area contributed by atoms with Gasteiger partial charge in [-0.3, -0.25) is 4.90 Å². The Labute approximate surface area is 97.6 Å². The molecule has 0 bridgehead atoms. The van der Waals surface area contributed by atoms with E-state index in [-0.39, 0.29) is 5.37 Å². The summed E-state index contributed by atoms with van der Waals surface area (Å²) in [5.41, 5.74) is 3.53. The van der Waals surface area contributed by atoms with Crippen molar-refractivity contribution in [3.05, 3.63) is 28.8 Å². The van der Waals surface area contributed by atoms with Crippen LogP contribution in [0.3, 0.4) is 0 Å². The van der Waals surface area contributed by atoms with E-state index in [2.05, 4.69) is 43.5 Å². The SMILES string of the molecule is COc1c(C)cc(C)cc1C(S)N(C)C. The number of thiol groups is 1. The highest BCUT2D eigenvalue weighted by atomic mass is 32.1. The molecule has 84 valence electrons. The molecule has 0 amide bonds. The first-order valence-corrected chi connectivity index (χ1v) is 5.48. The van der Waals surface area contributed by atoms with Crippen molar-refractivity contribution in [1.82, 2.24) is 4.90 Å². The predicted octanol–water partition coefficient (Wildman–Crippen LogP) is 2.80. The predicted molar refractivity (Wildman–Crippen MR) is 67.9 cm³/mol. The number of methoxy groups -OCH3 is 1. The van der Waals surface area contributed by atoms with E-state index >= 15 is 0 Å². The van der Waals surface area contributed by atoms with Crippen molar-refractivity contribution < 1.29 is 4.74 Å². The lowest BCUT2D eigenvalue weighted by atomic mass is 10.0. The lowest BCUT2D eigenvalue weighted by molar-refractivity contribution is 0.364. The van der Waals surface area contributed by atoms with Crippen LogP contribution in [-0.4, -0.2) is 26.1 Å². The van der Waals surface area contributed by atoms with E-state index in [1.54, 1.807) is 7.11 Å². The second kappa shape index (κ2) is 4.90. The van der Waals surface area contributed by atoms with E-state index < -0.39 is 0 Å². The zero-order valence-electron chi connectivity index (χ0n) is 10.0. The average Bonchev–Trinajstić information content (AvgIpc) is 2.15. The molecular weight excluding hydrogens is 206 g/mol. The molecule has 3 heteroatoms. The number of ether oxygens (including phenoxy) is 1. The Balaban J connectivity index is 3.26. The first kappa shape index (κ1) is 12.4. The van der Waals surface area contributed by atoms with Gasteiger partial charge in [0.15, 0.2) is 0 Å². The molecule has 1 aromatic rings. The Morgan fingerprint density at radius 3 is 2.33 bits per heavy atom. The molecule has 0 saturated carbocycles. The average molecular weight is 225 g/mol. The highest BCUT2D eigenvalue weighted by molar-refractivity contribution is 7.80. The quantitative estimate of drug-likeness (QED) is 0.627. The minimum absolute atomic E-state index is 0.0681. The Morgan fingerprint density at radius 1 is 1.27 bits per heavy atom. The fourth-order valence-electron chi connectivity index (χ4n) is 1.74. The summed E-state index contributed by atoms with van der Waals surface area (Å²) >= 11 is 4.58. The van der Waals surface area contributed by atoms with Gasteiger partial charge in [0.05, 0.1) is 12.5 Å². The molecule has 0 fully saturated rings. The van der Waals surface area contributed by atoms with Gasteiger partial charge in [-0.1, -0.05) is 11.6 Å². The zero-order chi connectivity index (χ0) is 11.6.